The summed E-state index contributed by atoms with van der Waals surface area (Å²) in [6.07, 6.45) is -0.726. The minimum atomic E-state index is -1.18. The number of carboxylic acid groups (broad SMARTS) is 1. The first-order valence-corrected chi connectivity index (χ1v) is 9.06. The first kappa shape index (κ1) is 19.4. The molecule has 0 spiro atoms. The Morgan fingerprint density at radius 2 is 1.61 bits per heavy atom. The molecule has 2 aromatic carbocycles. The van der Waals surface area contributed by atoms with Gasteiger partial charge in [0.25, 0.3) is 0 Å². The molecule has 1 aliphatic rings. The van der Waals surface area contributed by atoms with E-state index in [1.807, 2.05) is 48.5 Å². The minimum Gasteiger partial charge on any atom is -0.480 e. The highest BCUT2D eigenvalue weighted by molar-refractivity contribution is 5.81. The van der Waals surface area contributed by atoms with Crippen LogP contribution in [0.2, 0.25) is 0 Å². The number of carbonyl (C=O) groups excluding carboxylic acids is 2. The van der Waals surface area contributed by atoms with Gasteiger partial charge in [0.05, 0.1) is 0 Å². The van der Waals surface area contributed by atoms with Crippen molar-refractivity contribution in [1.29, 1.82) is 0 Å². The first-order valence-electron chi connectivity index (χ1n) is 9.06. The predicted octanol–water partition coefficient (Wildman–Crippen LogP) is 2.50. The van der Waals surface area contributed by atoms with Gasteiger partial charge in [-0.3, -0.25) is 4.79 Å². The van der Waals surface area contributed by atoms with Crippen LogP contribution >= 0.6 is 0 Å². The lowest BCUT2D eigenvalue weighted by atomic mass is 9.98. The lowest BCUT2D eigenvalue weighted by molar-refractivity contribution is -0.139. The molecule has 2 amide bonds. The zero-order chi connectivity index (χ0) is 20.1. The van der Waals surface area contributed by atoms with E-state index in [4.69, 9.17) is 4.74 Å². The van der Waals surface area contributed by atoms with E-state index in [2.05, 4.69) is 10.6 Å². The van der Waals surface area contributed by atoms with Crippen molar-refractivity contribution >= 4 is 18.0 Å². The molecule has 2 aromatic rings. The summed E-state index contributed by atoms with van der Waals surface area (Å²) in [5.74, 6) is -1.54. The zero-order valence-electron chi connectivity index (χ0n) is 15.5. The molecule has 0 aliphatic heterocycles. The standard InChI is InChI=1S/C21H22N2O5/c1-13(24)22-11-10-19(20(25)26)23-21(27)28-12-18-16-8-4-2-6-14(16)15-7-3-5-9-17(15)18/h2-9,18-19H,10-12H2,1H3,(H,22,24)(H,23,27)(H,25,26)/t19-/m1/s1. The fraction of sp³-hybridized carbons (Fsp3) is 0.286. The number of benzene rings is 2. The molecule has 0 radical (unpaired) electrons. The van der Waals surface area contributed by atoms with Crippen LogP contribution in [0.4, 0.5) is 4.79 Å². The number of hydrogen-bond acceptors (Lipinski definition) is 4. The van der Waals surface area contributed by atoms with Crippen LogP contribution in [-0.2, 0) is 14.3 Å². The highest BCUT2D eigenvalue weighted by Gasteiger charge is 2.29. The Bertz CT molecular complexity index is 850. The van der Waals surface area contributed by atoms with E-state index in [0.717, 1.165) is 22.3 Å². The first-order chi connectivity index (χ1) is 13.5. The highest BCUT2D eigenvalue weighted by Crippen LogP contribution is 2.44. The smallest absolute Gasteiger partial charge is 0.407 e. The average molecular weight is 382 g/mol. The van der Waals surface area contributed by atoms with Crippen molar-refractivity contribution in [3.05, 3.63) is 59.7 Å². The Morgan fingerprint density at radius 3 is 2.14 bits per heavy atom. The molecule has 1 atom stereocenters. The molecular weight excluding hydrogens is 360 g/mol. The van der Waals surface area contributed by atoms with Gasteiger partial charge in [0.2, 0.25) is 5.91 Å². The van der Waals surface area contributed by atoms with E-state index in [9.17, 15) is 19.5 Å². The van der Waals surface area contributed by atoms with Crippen molar-refractivity contribution in [3.8, 4) is 11.1 Å². The van der Waals surface area contributed by atoms with Crippen molar-refractivity contribution in [3.63, 3.8) is 0 Å². The maximum absolute atomic E-state index is 12.2. The molecule has 28 heavy (non-hydrogen) atoms. The van der Waals surface area contributed by atoms with E-state index in [-0.39, 0.29) is 31.4 Å². The number of carboxylic acids is 1. The number of nitrogens with one attached hydrogen (secondary N) is 2. The Kier molecular flexibility index (Phi) is 5.93. The lowest BCUT2D eigenvalue weighted by Crippen LogP contribution is -2.43. The Labute approximate surface area is 162 Å². The highest BCUT2D eigenvalue weighted by atomic mass is 16.5. The van der Waals surface area contributed by atoms with Crippen molar-refractivity contribution in [2.45, 2.75) is 25.3 Å². The van der Waals surface area contributed by atoms with E-state index in [0.29, 0.717) is 0 Å². The molecule has 7 heteroatoms. The molecular formula is C21H22N2O5. The fourth-order valence-electron chi connectivity index (χ4n) is 3.43. The third-order valence-electron chi connectivity index (χ3n) is 4.74. The van der Waals surface area contributed by atoms with Gasteiger partial charge < -0.3 is 20.5 Å². The molecule has 3 N–H and O–H groups in total. The monoisotopic (exact) mass is 382 g/mol. The van der Waals surface area contributed by atoms with E-state index in [1.165, 1.54) is 6.92 Å². The van der Waals surface area contributed by atoms with Crippen LogP contribution in [0, 0.1) is 0 Å². The van der Waals surface area contributed by atoms with Crippen molar-refractivity contribution in [2.24, 2.45) is 0 Å². The summed E-state index contributed by atoms with van der Waals surface area (Å²) in [4.78, 5) is 34.4. The second-order valence-electron chi connectivity index (χ2n) is 6.63. The minimum absolute atomic E-state index is 0.0686. The summed E-state index contributed by atoms with van der Waals surface area (Å²) in [6, 6.07) is 14.8. The molecule has 7 nitrogen and oxygen atoms in total. The van der Waals surface area contributed by atoms with E-state index in [1.54, 1.807) is 0 Å². The predicted molar refractivity (Wildman–Crippen MR) is 103 cm³/mol. The number of aliphatic carboxylic acids is 1. The molecule has 0 saturated carbocycles. The maximum Gasteiger partial charge on any atom is 0.407 e. The van der Waals surface area contributed by atoms with Crippen molar-refractivity contribution in [1.82, 2.24) is 10.6 Å². The van der Waals surface area contributed by atoms with Gasteiger partial charge in [-0.05, 0) is 28.7 Å². The van der Waals surface area contributed by atoms with E-state index < -0.39 is 18.1 Å². The number of amides is 2. The Morgan fingerprint density at radius 1 is 1.04 bits per heavy atom. The number of fused-ring (bicyclic) bond motifs is 3. The van der Waals surface area contributed by atoms with Crippen LogP contribution in [0.3, 0.4) is 0 Å². The summed E-state index contributed by atoms with van der Waals surface area (Å²) in [5.41, 5.74) is 4.39. The van der Waals surface area contributed by atoms with Gasteiger partial charge in [-0.15, -0.1) is 0 Å². The molecule has 3 rings (SSSR count). The quantitative estimate of drug-likeness (QED) is 0.682. The van der Waals surface area contributed by atoms with Gasteiger partial charge in [0.15, 0.2) is 0 Å². The van der Waals surface area contributed by atoms with Crippen LogP contribution < -0.4 is 10.6 Å². The average Bonchev–Trinajstić information content (AvgIpc) is 2.99. The SMILES string of the molecule is CC(=O)NCC[C@@H](NC(=O)OCC1c2ccccc2-c2ccccc21)C(=O)O. The van der Waals surface area contributed by atoms with E-state index >= 15 is 0 Å². The van der Waals surface area contributed by atoms with Gasteiger partial charge in [0.1, 0.15) is 12.6 Å². The summed E-state index contributed by atoms with van der Waals surface area (Å²) in [5, 5.41) is 14.1. The maximum atomic E-state index is 12.2. The normalized spacial score (nSPS) is 13.2. The van der Waals surface area contributed by atoms with Crippen LogP contribution in [0.15, 0.2) is 48.5 Å². The number of ether oxygens (including phenoxy) is 1. The van der Waals surface area contributed by atoms with Crippen molar-refractivity contribution in [2.75, 3.05) is 13.2 Å². The van der Waals surface area contributed by atoms with Gasteiger partial charge >= 0.3 is 12.1 Å². The van der Waals surface area contributed by atoms with Crippen LogP contribution in [0.1, 0.15) is 30.4 Å². The molecule has 0 saturated heterocycles. The molecule has 0 fully saturated rings. The lowest BCUT2D eigenvalue weighted by Gasteiger charge is -2.17. The van der Waals surface area contributed by atoms with Crippen LogP contribution in [0.5, 0.6) is 0 Å². The molecule has 146 valence electrons. The number of hydrogen-bond donors (Lipinski definition) is 3. The second kappa shape index (κ2) is 8.56. The molecule has 0 unspecified atom stereocenters. The zero-order valence-corrected chi connectivity index (χ0v) is 15.5. The van der Waals surface area contributed by atoms with Gasteiger partial charge in [-0.2, -0.15) is 0 Å². The summed E-state index contributed by atoms with van der Waals surface area (Å²) < 4.78 is 5.35. The summed E-state index contributed by atoms with van der Waals surface area (Å²) in [7, 11) is 0. The molecule has 0 bridgehead atoms. The van der Waals surface area contributed by atoms with Crippen molar-refractivity contribution < 1.29 is 24.2 Å². The third-order valence-corrected chi connectivity index (χ3v) is 4.74. The molecule has 0 aromatic heterocycles. The Balaban J connectivity index is 1.62. The summed E-state index contributed by atoms with van der Waals surface area (Å²) in [6.45, 7) is 1.60. The van der Waals surface area contributed by atoms with Crippen LogP contribution in [0.25, 0.3) is 11.1 Å². The fourth-order valence-corrected chi connectivity index (χ4v) is 3.43. The van der Waals surface area contributed by atoms with Gasteiger partial charge in [-0.1, -0.05) is 48.5 Å². The van der Waals surface area contributed by atoms with Crippen LogP contribution in [-0.4, -0.2) is 42.3 Å². The third kappa shape index (κ3) is 4.31. The number of carbonyl (C=O) groups is 3. The number of alkyl carbamates (subject to hydrolysis) is 1. The Hall–Kier alpha value is -3.35. The number of rotatable bonds is 7. The molecule has 1 aliphatic carbocycles. The largest absolute Gasteiger partial charge is 0.480 e. The van der Waals surface area contributed by atoms with Gasteiger partial charge in [-0.25, -0.2) is 9.59 Å². The second-order valence-corrected chi connectivity index (χ2v) is 6.63. The van der Waals surface area contributed by atoms with Gasteiger partial charge in [0, 0.05) is 19.4 Å². The topological polar surface area (TPSA) is 105 Å². The molecule has 0 heterocycles. The summed E-state index contributed by atoms with van der Waals surface area (Å²) >= 11 is 0.